The zero-order valence-electron chi connectivity index (χ0n) is 17.2. The van der Waals surface area contributed by atoms with Crippen molar-refractivity contribution in [1.29, 1.82) is 0 Å². The lowest BCUT2D eigenvalue weighted by atomic mass is 9.65. The van der Waals surface area contributed by atoms with Crippen LogP contribution < -0.4 is 0 Å². The maximum Gasteiger partial charge on any atom is 0.244 e. The second-order valence-electron chi connectivity index (χ2n) is 11.4. The van der Waals surface area contributed by atoms with Gasteiger partial charge in [0, 0.05) is 23.8 Å². The number of hydrogen-bond donors (Lipinski definition) is 0. The number of carbonyl (C=O) groups excluding carboxylic acids is 1. The molecule has 2 heterocycles. The van der Waals surface area contributed by atoms with Gasteiger partial charge >= 0.3 is 0 Å². The topological polar surface area (TPSA) is 38.1 Å². The summed E-state index contributed by atoms with van der Waals surface area (Å²) in [6, 6.07) is 0.424. The molecule has 1 aromatic rings. The van der Waals surface area contributed by atoms with Crippen LogP contribution in [0.4, 0.5) is 0 Å². The van der Waals surface area contributed by atoms with Crippen LogP contribution in [0.1, 0.15) is 76.8 Å². The predicted molar refractivity (Wildman–Crippen MR) is 102 cm³/mol. The summed E-state index contributed by atoms with van der Waals surface area (Å²) in [5, 5.41) is 4.79. The molecular formula is C22H33N3O. The molecular weight excluding hydrogens is 322 g/mol. The summed E-state index contributed by atoms with van der Waals surface area (Å²) in [5.41, 5.74) is 5.04. The highest BCUT2D eigenvalue weighted by atomic mass is 16.2. The van der Waals surface area contributed by atoms with Gasteiger partial charge in [0.2, 0.25) is 5.91 Å². The second-order valence-corrected chi connectivity index (χ2v) is 11.4. The van der Waals surface area contributed by atoms with Crippen molar-refractivity contribution in [3.05, 3.63) is 17.0 Å². The zero-order chi connectivity index (χ0) is 18.6. The molecule has 4 atom stereocenters. The lowest BCUT2D eigenvalue weighted by Gasteiger charge is -2.39. The minimum Gasteiger partial charge on any atom is -0.338 e. The van der Waals surface area contributed by atoms with E-state index in [1.165, 1.54) is 24.1 Å². The van der Waals surface area contributed by atoms with Gasteiger partial charge in [-0.1, -0.05) is 34.6 Å². The van der Waals surface area contributed by atoms with Crippen molar-refractivity contribution < 1.29 is 4.79 Å². The van der Waals surface area contributed by atoms with Gasteiger partial charge in [0.15, 0.2) is 0 Å². The molecule has 2 bridgehead atoms. The second kappa shape index (κ2) is 4.74. The molecule has 1 aliphatic heterocycles. The van der Waals surface area contributed by atoms with Crippen LogP contribution in [0, 0.1) is 29.1 Å². The average molecular weight is 356 g/mol. The van der Waals surface area contributed by atoms with Gasteiger partial charge in [-0.2, -0.15) is 5.10 Å². The number of rotatable bonds is 2. The fourth-order valence-electron chi connectivity index (χ4n) is 7.27. The molecule has 0 N–H and O–H groups in total. The number of aromatic nitrogens is 2. The van der Waals surface area contributed by atoms with E-state index in [0.717, 1.165) is 31.0 Å². The lowest BCUT2D eigenvalue weighted by molar-refractivity contribution is -0.133. The maximum atomic E-state index is 13.2. The smallest absolute Gasteiger partial charge is 0.244 e. The van der Waals surface area contributed by atoms with E-state index in [2.05, 4.69) is 46.4 Å². The van der Waals surface area contributed by atoms with Crippen LogP contribution in [0.15, 0.2) is 0 Å². The summed E-state index contributed by atoms with van der Waals surface area (Å²) in [7, 11) is 0. The van der Waals surface area contributed by atoms with E-state index in [4.69, 9.17) is 5.10 Å². The number of nitrogens with zero attached hydrogens (tertiary/aromatic N) is 3. The van der Waals surface area contributed by atoms with E-state index in [9.17, 15) is 4.79 Å². The molecule has 0 aromatic carbocycles. The fourth-order valence-corrected chi connectivity index (χ4v) is 7.27. The third-order valence-electron chi connectivity index (χ3n) is 8.08. The van der Waals surface area contributed by atoms with Crippen molar-refractivity contribution in [3.8, 4) is 0 Å². The number of fused-ring (bicyclic) bond motifs is 5. The molecule has 26 heavy (non-hydrogen) atoms. The standard InChI is InChI=1S/C22H33N3O/c1-13-18-16(7-15-19(18)21(15,4)5)25(23-13)10-17(26)24-12-22(6)9-14(24)8-20(2,3)11-22/h14-15,19H,7-12H2,1-6H3/t14-,15+,19+,22-/m0/s1. The molecule has 1 amide bonds. The number of amides is 1. The normalized spacial score (nSPS) is 38.2. The van der Waals surface area contributed by atoms with Gasteiger partial charge in [0.25, 0.3) is 0 Å². The summed E-state index contributed by atoms with van der Waals surface area (Å²) in [6.45, 7) is 15.3. The molecule has 1 aromatic heterocycles. The molecule has 4 aliphatic rings. The molecule has 0 radical (unpaired) electrons. The zero-order valence-corrected chi connectivity index (χ0v) is 17.2. The number of carbonyl (C=O) groups is 1. The summed E-state index contributed by atoms with van der Waals surface area (Å²) in [6.07, 6.45) is 4.66. The molecule has 4 heteroatoms. The highest BCUT2D eigenvalue weighted by Crippen LogP contribution is 2.70. The Bertz CT molecular complexity index is 805. The summed E-state index contributed by atoms with van der Waals surface area (Å²) >= 11 is 0. The largest absolute Gasteiger partial charge is 0.338 e. The third-order valence-corrected chi connectivity index (χ3v) is 8.08. The molecule has 5 rings (SSSR count). The summed E-state index contributed by atoms with van der Waals surface area (Å²) in [5.74, 6) is 1.72. The van der Waals surface area contributed by atoms with E-state index in [1.807, 2.05) is 4.68 Å². The predicted octanol–water partition coefficient (Wildman–Crippen LogP) is 3.91. The quantitative estimate of drug-likeness (QED) is 0.806. The van der Waals surface area contributed by atoms with E-state index < -0.39 is 0 Å². The highest BCUT2D eigenvalue weighted by molar-refractivity contribution is 5.77. The molecule has 3 fully saturated rings. The van der Waals surface area contributed by atoms with Crippen molar-refractivity contribution >= 4 is 5.91 Å². The van der Waals surface area contributed by atoms with E-state index in [1.54, 1.807) is 0 Å². The van der Waals surface area contributed by atoms with Crippen molar-refractivity contribution in [3.63, 3.8) is 0 Å². The monoisotopic (exact) mass is 355 g/mol. The minimum atomic E-state index is 0.279. The van der Waals surface area contributed by atoms with Gasteiger partial charge in [-0.25, -0.2) is 0 Å². The van der Waals surface area contributed by atoms with Gasteiger partial charge in [-0.15, -0.1) is 0 Å². The first-order valence-corrected chi connectivity index (χ1v) is 10.4. The molecule has 0 unspecified atom stereocenters. The SMILES string of the molecule is Cc1nn(CC(=O)N2C[C@@]3(C)C[C@@H]2CC(C)(C)C3)c2c1[C@H]1[C@@H](C2)C1(C)C. The number of hydrogen-bond acceptors (Lipinski definition) is 2. The van der Waals surface area contributed by atoms with Gasteiger partial charge in [0.05, 0.1) is 5.69 Å². The van der Waals surface area contributed by atoms with Gasteiger partial charge in [-0.3, -0.25) is 9.48 Å². The van der Waals surface area contributed by atoms with Crippen LogP contribution >= 0.6 is 0 Å². The number of likely N-dealkylation sites (tertiary alicyclic amines) is 1. The first-order chi connectivity index (χ1) is 12.0. The van der Waals surface area contributed by atoms with Gasteiger partial charge in [-0.05, 0) is 60.7 Å². The van der Waals surface area contributed by atoms with E-state index >= 15 is 0 Å². The molecule has 2 saturated carbocycles. The molecule has 4 nitrogen and oxygen atoms in total. The summed E-state index contributed by atoms with van der Waals surface area (Å²) in [4.78, 5) is 15.4. The molecule has 1 saturated heterocycles. The maximum absolute atomic E-state index is 13.2. The van der Waals surface area contributed by atoms with Crippen LogP contribution in [0.3, 0.4) is 0 Å². The van der Waals surface area contributed by atoms with Crippen LogP contribution in [-0.4, -0.2) is 33.2 Å². The van der Waals surface area contributed by atoms with Crippen LogP contribution in [0.5, 0.6) is 0 Å². The van der Waals surface area contributed by atoms with Crippen LogP contribution in [0.25, 0.3) is 0 Å². The Labute approximate surface area is 157 Å². The lowest BCUT2D eigenvalue weighted by Crippen LogP contribution is -2.39. The van der Waals surface area contributed by atoms with E-state index in [0.29, 0.717) is 34.7 Å². The Morgan fingerprint density at radius 1 is 1.19 bits per heavy atom. The van der Waals surface area contributed by atoms with Crippen LogP contribution in [0.2, 0.25) is 0 Å². The first-order valence-electron chi connectivity index (χ1n) is 10.4. The van der Waals surface area contributed by atoms with E-state index in [-0.39, 0.29) is 5.91 Å². The van der Waals surface area contributed by atoms with Crippen LogP contribution in [-0.2, 0) is 17.8 Å². The Morgan fingerprint density at radius 2 is 1.92 bits per heavy atom. The third kappa shape index (κ3) is 2.20. The van der Waals surface area contributed by atoms with Crippen molar-refractivity contribution in [2.24, 2.45) is 22.2 Å². The van der Waals surface area contributed by atoms with Crippen molar-refractivity contribution in [2.45, 2.75) is 85.7 Å². The molecule has 0 spiro atoms. The fraction of sp³-hybridized carbons (Fsp3) is 0.818. The summed E-state index contributed by atoms with van der Waals surface area (Å²) < 4.78 is 2.05. The Kier molecular flexibility index (Phi) is 3.07. The highest BCUT2D eigenvalue weighted by Gasteiger charge is 2.63. The van der Waals surface area contributed by atoms with Crippen molar-refractivity contribution in [1.82, 2.24) is 14.7 Å². The Morgan fingerprint density at radius 3 is 2.65 bits per heavy atom. The minimum absolute atomic E-state index is 0.279. The van der Waals surface area contributed by atoms with Gasteiger partial charge < -0.3 is 4.90 Å². The first kappa shape index (κ1) is 16.8. The average Bonchev–Trinajstić information content (AvgIpc) is 2.87. The molecule has 3 aliphatic carbocycles. The Hall–Kier alpha value is -1.32. The van der Waals surface area contributed by atoms with Gasteiger partial charge in [0.1, 0.15) is 6.54 Å². The Balaban J connectivity index is 1.37. The van der Waals surface area contributed by atoms with Crippen molar-refractivity contribution in [2.75, 3.05) is 6.54 Å². The molecule has 142 valence electrons. The number of aryl methyl sites for hydroxylation is 1.